The Hall–Kier alpha value is -6.85. The molecule has 0 atom stereocenters. The molecule has 0 spiro atoms. The summed E-state index contributed by atoms with van der Waals surface area (Å²) >= 11 is 0. The van der Waals surface area contributed by atoms with Gasteiger partial charge in [-0.15, -0.1) is 0 Å². The molecule has 360 valence electrons. The largest absolute Gasteiger partial charge is 0.465 e. The van der Waals surface area contributed by atoms with Gasteiger partial charge in [-0.1, -0.05) is 13.2 Å². The molecular weight excluding hydrogens is 877 g/mol. The number of ether oxygens (including phenoxy) is 9. The van der Waals surface area contributed by atoms with Gasteiger partial charge in [-0.25, -0.2) is 14.4 Å². The number of hydrogen-bond acceptors (Lipinski definition) is 18. The zero-order valence-electron chi connectivity index (χ0n) is 37.7. The fourth-order valence-electron chi connectivity index (χ4n) is 8.13. The highest BCUT2D eigenvalue weighted by Crippen LogP contribution is 2.36. The molecule has 0 unspecified atom stereocenters. The summed E-state index contributed by atoms with van der Waals surface area (Å²) in [6, 6.07) is 8.67. The van der Waals surface area contributed by atoms with E-state index in [-0.39, 0.29) is 55.2 Å². The van der Waals surface area contributed by atoms with Crippen molar-refractivity contribution in [2.24, 2.45) is 35.5 Å². The summed E-state index contributed by atoms with van der Waals surface area (Å²) in [5.41, 5.74) is 0.430. The predicted octanol–water partition coefficient (Wildman–Crippen LogP) is 6.07. The Morgan fingerprint density at radius 2 is 0.791 bits per heavy atom. The second-order valence-corrected chi connectivity index (χ2v) is 16.5. The van der Waals surface area contributed by atoms with Crippen molar-refractivity contribution in [2.75, 3.05) is 33.5 Å². The van der Waals surface area contributed by atoms with Crippen LogP contribution >= 0.6 is 0 Å². The van der Waals surface area contributed by atoms with Crippen LogP contribution in [0.15, 0.2) is 61.7 Å². The van der Waals surface area contributed by atoms with Gasteiger partial charge in [0.05, 0.1) is 42.6 Å². The van der Waals surface area contributed by atoms with Gasteiger partial charge in [-0.3, -0.25) is 28.8 Å². The minimum atomic E-state index is -0.824. The van der Waals surface area contributed by atoms with E-state index >= 15 is 0 Å². The van der Waals surface area contributed by atoms with Crippen LogP contribution in [-0.2, 0) is 62.0 Å². The lowest BCUT2D eigenvalue weighted by Crippen LogP contribution is -2.31. The van der Waals surface area contributed by atoms with Crippen molar-refractivity contribution < 1.29 is 85.8 Å². The number of rotatable bonds is 19. The van der Waals surface area contributed by atoms with E-state index in [1.807, 2.05) is 0 Å². The number of benzene rings is 2. The molecule has 18 nitrogen and oxygen atoms in total. The summed E-state index contributed by atoms with van der Waals surface area (Å²) in [7, 11) is 1.16. The van der Waals surface area contributed by atoms with Gasteiger partial charge in [-0.05, 0) is 126 Å². The third-order valence-corrected chi connectivity index (χ3v) is 12.0. The second kappa shape index (κ2) is 25.2. The van der Waals surface area contributed by atoms with E-state index in [2.05, 4.69) is 13.2 Å². The first-order valence-corrected chi connectivity index (χ1v) is 22.3. The molecule has 5 rings (SSSR count). The van der Waals surface area contributed by atoms with Crippen LogP contribution in [0.2, 0.25) is 0 Å². The predicted molar refractivity (Wildman–Crippen MR) is 232 cm³/mol. The summed E-state index contributed by atoms with van der Waals surface area (Å²) < 4.78 is 47.5. The zero-order chi connectivity index (χ0) is 48.5. The summed E-state index contributed by atoms with van der Waals surface area (Å²) in [6.07, 6.45) is 6.63. The van der Waals surface area contributed by atoms with Crippen LogP contribution in [0.3, 0.4) is 0 Å². The van der Waals surface area contributed by atoms with Crippen molar-refractivity contribution >= 4 is 53.7 Å². The van der Waals surface area contributed by atoms with E-state index in [0.29, 0.717) is 88.4 Å². The molecule has 3 saturated carbocycles. The molecule has 3 fully saturated rings. The number of hydrogen-bond donors (Lipinski definition) is 0. The second-order valence-electron chi connectivity index (χ2n) is 16.5. The number of carbonyl (C=O) groups is 9. The molecule has 0 heterocycles. The fraction of sp³-hybridized carbons (Fsp3) is 0.490. The smallest absolute Gasteiger partial charge is 0.341 e. The number of carbonyl (C=O) groups excluding carboxylic acids is 9. The van der Waals surface area contributed by atoms with Crippen LogP contribution in [0, 0.1) is 42.4 Å². The number of methoxy groups -OCH3 is 1. The van der Waals surface area contributed by atoms with Crippen molar-refractivity contribution in [2.45, 2.75) is 84.0 Å². The first kappa shape index (κ1) is 51.1. The molecule has 0 amide bonds. The summed E-state index contributed by atoms with van der Waals surface area (Å²) in [4.78, 5) is 112. The Kier molecular flexibility index (Phi) is 19.2. The lowest BCUT2D eigenvalue weighted by atomic mass is 9.82. The van der Waals surface area contributed by atoms with Gasteiger partial charge in [0, 0.05) is 12.2 Å². The molecule has 0 bridgehead atoms. The van der Waals surface area contributed by atoms with Crippen molar-refractivity contribution in [3.8, 4) is 23.0 Å². The average Bonchev–Trinajstić information content (AvgIpc) is 3.34. The highest BCUT2D eigenvalue weighted by atomic mass is 16.6. The van der Waals surface area contributed by atoms with Crippen molar-refractivity contribution in [1.29, 1.82) is 0 Å². The quantitative estimate of drug-likeness (QED) is 0.0511. The van der Waals surface area contributed by atoms with E-state index in [4.69, 9.17) is 42.6 Å². The first-order valence-electron chi connectivity index (χ1n) is 22.3. The summed E-state index contributed by atoms with van der Waals surface area (Å²) in [5, 5.41) is 0. The molecule has 0 saturated heterocycles. The van der Waals surface area contributed by atoms with Crippen LogP contribution in [0.4, 0.5) is 0 Å². The Bertz CT molecular complexity index is 2170. The van der Waals surface area contributed by atoms with Crippen molar-refractivity contribution in [1.82, 2.24) is 0 Å². The number of esters is 9. The molecule has 0 N–H and O–H groups in total. The van der Waals surface area contributed by atoms with Crippen LogP contribution in [0.25, 0.3) is 0 Å². The van der Waals surface area contributed by atoms with Crippen molar-refractivity contribution in [3.63, 3.8) is 0 Å². The Balaban J connectivity index is 1.03. The van der Waals surface area contributed by atoms with E-state index in [1.54, 1.807) is 19.1 Å². The van der Waals surface area contributed by atoms with Crippen LogP contribution in [-0.4, -0.2) is 87.3 Å². The van der Waals surface area contributed by atoms with E-state index in [1.165, 1.54) is 24.3 Å². The van der Waals surface area contributed by atoms with E-state index in [9.17, 15) is 43.2 Å². The third kappa shape index (κ3) is 15.1. The topological polar surface area (TPSA) is 237 Å². The van der Waals surface area contributed by atoms with Crippen LogP contribution in [0.5, 0.6) is 23.0 Å². The minimum Gasteiger partial charge on any atom is -0.465 e. The maximum absolute atomic E-state index is 13.3. The van der Waals surface area contributed by atoms with Crippen LogP contribution in [0.1, 0.15) is 93.0 Å². The van der Waals surface area contributed by atoms with Gasteiger partial charge < -0.3 is 42.6 Å². The standard InChI is InChI=1S/C49H56O18/c1-5-41(50)60-23-25-62-43(52)30-7-11-32(12-8-30)45(54)64-36-19-21-39(29(3)27-36)66-47(56)34-15-17-35(18-16-34)48(57)67-40-22-20-37(28-38(40)49(58)59-4)65-46(55)33-13-9-31(10-14-33)44(53)63-26-24-61-42(51)6-2/h5-6,19-22,27-28,30-35H,1-2,7-18,23-26H2,3-4H3. The normalized spacial score (nSPS) is 21.2. The highest BCUT2D eigenvalue weighted by Gasteiger charge is 2.35. The molecule has 18 heteroatoms. The van der Waals surface area contributed by atoms with Gasteiger partial charge in [0.25, 0.3) is 0 Å². The Labute approximate surface area is 387 Å². The van der Waals surface area contributed by atoms with Gasteiger partial charge in [-0.2, -0.15) is 0 Å². The maximum atomic E-state index is 13.3. The molecule has 3 aliphatic carbocycles. The zero-order valence-corrected chi connectivity index (χ0v) is 37.7. The van der Waals surface area contributed by atoms with Gasteiger partial charge in [0.2, 0.25) is 0 Å². The molecular formula is C49H56O18. The van der Waals surface area contributed by atoms with Crippen LogP contribution < -0.4 is 18.9 Å². The number of aryl methyl sites for hydroxylation is 1. The average molecular weight is 933 g/mol. The lowest BCUT2D eigenvalue weighted by molar-refractivity contribution is -0.155. The third-order valence-electron chi connectivity index (χ3n) is 12.0. The monoisotopic (exact) mass is 932 g/mol. The first-order chi connectivity index (χ1) is 32.2. The van der Waals surface area contributed by atoms with Gasteiger partial charge in [0.15, 0.2) is 0 Å². The van der Waals surface area contributed by atoms with Gasteiger partial charge in [0.1, 0.15) is 55.0 Å². The Morgan fingerprint density at radius 1 is 0.463 bits per heavy atom. The molecule has 67 heavy (non-hydrogen) atoms. The highest BCUT2D eigenvalue weighted by molar-refractivity contribution is 5.94. The molecule has 0 aromatic heterocycles. The molecule has 2 aromatic rings. The lowest BCUT2D eigenvalue weighted by Gasteiger charge is -2.26. The Morgan fingerprint density at radius 3 is 1.16 bits per heavy atom. The summed E-state index contributed by atoms with van der Waals surface area (Å²) in [6.45, 7) is 7.98. The van der Waals surface area contributed by atoms with Crippen molar-refractivity contribution in [3.05, 3.63) is 72.8 Å². The molecule has 3 aliphatic rings. The fourth-order valence-corrected chi connectivity index (χ4v) is 8.13. The SMILES string of the molecule is C=CC(=O)OCCOC(=O)C1CCC(C(=O)Oc2ccc(OC(=O)C3CCC(C(=O)Oc4ccc(OC(=O)C5CCC(C(=O)OCCOC(=O)C=C)CC5)cc4C(=O)OC)CC3)c(C)c2)CC1. The molecule has 0 aliphatic heterocycles. The molecule has 0 radical (unpaired) electrons. The van der Waals surface area contributed by atoms with E-state index in [0.717, 1.165) is 19.3 Å². The summed E-state index contributed by atoms with van der Waals surface area (Å²) in [5.74, 6) is -7.19. The van der Waals surface area contributed by atoms with Gasteiger partial charge >= 0.3 is 53.7 Å². The maximum Gasteiger partial charge on any atom is 0.341 e. The molecule has 2 aromatic carbocycles. The van der Waals surface area contributed by atoms with E-state index < -0.39 is 83.3 Å². The minimum absolute atomic E-state index is 0.0334.